The summed E-state index contributed by atoms with van der Waals surface area (Å²) in [5.74, 6) is 0. The highest BCUT2D eigenvalue weighted by molar-refractivity contribution is 7.71. The Hall–Kier alpha value is -3.18. The molecule has 0 aliphatic rings. The minimum atomic E-state index is -0.474. The van der Waals surface area contributed by atoms with Gasteiger partial charge in [0.25, 0.3) is 5.56 Å². The number of rotatable bonds is 2. The standard InChI is InChI=1S/C20H10Cl2N4O2S/c21-12-1-5-14(6-2-12)25-18(27)16-9-11(10-23)17(24)28-19(16)26(20(25)29)15-7-3-13(22)4-8-15/h1-9,24H. The predicted molar refractivity (Wildman–Crippen MR) is 113 cm³/mol. The van der Waals surface area contributed by atoms with Crippen LogP contribution in [0.5, 0.6) is 0 Å². The van der Waals surface area contributed by atoms with Gasteiger partial charge in [-0.05, 0) is 66.8 Å². The highest BCUT2D eigenvalue weighted by Crippen LogP contribution is 2.21. The molecule has 29 heavy (non-hydrogen) atoms. The van der Waals surface area contributed by atoms with Crippen molar-refractivity contribution in [1.29, 1.82) is 10.7 Å². The van der Waals surface area contributed by atoms with E-state index in [4.69, 9.17) is 45.2 Å². The lowest BCUT2D eigenvalue weighted by molar-refractivity contribution is 0.508. The van der Waals surface area contributed by atoms with Gasteiger partial charge in [0.05, 0.1) is 11.4 Å². The molecule has 0 aliphatic heterocycles. The van der Waals surface area contributed by atoms with Crippen LogP contribution in [-0.4, -0.2) is 9.13 Å². The van der Waals surface area contributed by atoms with Crippen molar-refractivity contribution in [2.45, 2.75) is 0 Å². The molecule has 6 nitrogen and oxygen atoms in total. The molecular weight excluding hydrogens is 431 g/mol. The molecule has 2 aromatic heterocycles. The summed E-state index contributed by atoms with van der Waals surface area (Å²) < 4.78 is 8.52. The Morgan fingerprint density at radius 3 is 2.00 bits per heavy atom. The summed E-state index contributed by atoms with van der Waals surface area (Å²) in [7, 11) is 0. The number of nitrogens with zero attached hydrogens (tertiary/aromatic N) is 3. The summed E-state index contributed by atoms with van der Waals surface area (Å²) in [6.07, 6.45) is 0. The van der Waals surface area contributed by atoms with Gasteiger partial charge < -0.3 is 4.42 Å². The van der Waals surface area contributed by atoms with Crippen molar-refractivity contribution in [3.63, 3.8) is 0 Å². The molecule has 0 bridgehead atoms. The molecule has 2 heterocycles. The Morgan fingerprint density at radius 2 is 1.48 bits per heavy atom. The molecule has 0 saturated carbocycles. The largest absolute Gasteiger partial charge is 0.420 e. The molecule has 4 rings (SSSR count). The second-order valence-electron chi connectivity index (χ2n) is 6.03. The lowest BCUT2D eigenvalue weighted by atomic mass is 10.2. The zero-order valence-corrected chi connectivity index (χ0v) is 16.8. The second-order valence-corrected chi connectivity index (χ2v) is 7.27. The number of nitrogens with one attached hydrogen (secondary N) is 1. The van der Waals surface area contributed by atoms with E-state index in [1.54, 1.807) is 48.5 Å². The van der Waals surface area contributed by atoms with Gasteiger partial charge in [-0.1, -0.05) is 23.2 Å². The van der Waals surface area contributed by atoms with Gasteiger partial charge in [0.15, 0.2) is 4.77 Å². The topological polar surface area (TPSA) is 87.7 Å². The van der Waals surface area contributed by atoms with Crippen LogP contribution >= 0.6 is 35.4 Å². The van der Waals surface area contributed by atoms with Crippen LogP contribution in [0.4, 0.5) is 0 Å². The van der Waals surface area contributed by atoms with Gasteiger partial charge >= 0.3 is 0 Å². The Labute approximate surface area is 178 Å². The van der Waals surface area contributed by atoms with Crippen molar-refractivity contribution in [2.75, 3.05) is 0 Å². The van der Waals surface area contributed by atoms with E-state index in [9.17, 15) is 10.1 Å². The third kappa shape index (κ3) is 3.28. The zero-order chi connectivity index (χ0) is 20.7. The van der Waals surface area contributed by atoms with E-state index in [0.717, 1.165) is 0 Å². The fourth-order valence-corrected chi connectivity index (χ4v) is 3.54. The van der Waals surface area contributed by atoms with Gasteiger partial charge in [-0.15, -0.1) is 0 Å². The molecule has 0 spiro atoms. The predicted octanol–water partition coefficient (Wildman–Crippen LogP) is 4.76. The van der Waals surface area contributed by atoms with Crippen LogP contribution in [-0.2, 0) is 0 Å². The molecule has 0 unspecified atom stereocenters. The van der Waals surface area contributed by atoms with Crippen LogP contribution in [0.2, 0.25) is 10.0 Å². The molecule has 142 valence electrons. The Bertz CT molecular complexity index is 1480. The first-order valence-electron chi connectivity index (χ1n) is 8.23. The van der Waals surface area contributed by atoms with Crippen LogP contribution in [0.1, 0.15) is 5.56 Å². The highest BCUT2D eigenvalue weighted by Gasteiger charge is 2.17. The molecule has 0 fully saturated rings. The molecule has 0 aliphatic carbocycles. The minimum Gasteiger partial charge on any atom is -0.420 e. The molecule has 0 atom stereocenters. The van der Waals surface area contributed by atoms with Crippen LogP contribution in [0.25, 0.3) is 22.5 Å². The maximum atomic E-state index is 13.2. The van der Waals surface area contributed by atoms with Gasteiger partial charge in [0.2, 0.25) is 11.3 Å². The fourth-order valence-electron chi connectivity index (χ4n) is 2.91. The van der Waals surface area contributed by atoms with E-state index >= 15 is 0 Å². The third-order valence-electron chi connectivity index (χ3n) is 4.27. The SMILES string of the molecule is N#Cc1cc2c(=O)n(-c3ccc(Cl)cc3)c(=S)n(-c3ccc(Cl)cc3)c2oc1=N. The number of fused-ring (bicyclic) bond motifs is 1. The smallest absolute Gasteiger partial charge is 0.270 e. The van der Waals surface area contributed by atoms with Gasteiger partial charge in [-0.25, -0.2) is 0 Å². The van der Waals surface area contributed by atoms with Crippen LogP contribution in [0.3, 0.4) is 0 Å². The lowest BCUT2D eigenvalue weighted by Gasteiger charge is -2.15. The average Bonchev–Trinajstić information content (AvgIpc) is 2.70. The maximum Gasteiger partial charge on any atom is 0.270 e. The molecule has 9 heteroatoms. The summed E-state index contributed by atoms with van der Waals surface area (Å²) in [5, 5.41) is 18.4. The summed E-state index contributed by atoms with van der Waals surface area (Å²) in [6, 6.07) is 16.6. The number of aromatic nitrogens is 2. The molecular formula is C20H10Cl2N4O2S. The van der Waals surface area contributed by atoms with Crippen molar-refractivity contribution < 1.29 is 4.42 Å². The van der Waals surface area contributed by atoms with Crippen LogP contribution < -0.4 is 11.1 Å². The molecule has 0 saturated heterocycles. The average molecular weight is 441 g/mol. The quantitative estimate of drug-likeness (QED) is 0.455. The van der Waals surface area contributed by atoms with Crippen molar-refractivity contribution in [2.24, 2.45) is 0 Å². The van der Waals surface area contributed by atoms with E-state index in [0.29, 0.717) is 21.4 Å². The number of hydrogen-bond acceptors (Lipinski definition) is 5. The highest BCUT2D eigenvalue weighted by atomic mass is 35.5. The Morgan fingerprint density at radius 1 is 0.966 bits per heavy atom. The molecule has 2 aromatic carbocycles. The van der Waals surface area contributed by atoms with Crippen molar-refractivity contribution in [3.8, 4) is 17.4 Å². The Balaban J connectivity index is 2.22. The van der Waals surface area contributed by atoms with Crippen molar-refractivity contribution in [3.05, 3.63) is 90.9 Å². The van der Waals surface area contributed by atoms with E-state index in [2.05, 4.69) is 0 Å². The first-order valence-corrected chi connectivity index (χ1v) is 9.39. The first-order chi connectivity index (χ1) is 13.9. The number of benzene rings is 2. The monoisotopic (exact) mass is 440 g/mol. The molecule has 4 aromatic rings. The summed E-state index contributed by atoms with van der Waals surface area (Å²) in [6.45, 7) is 0. The van der Waals surface area contributed by atoms with Gasteiger partial charge in [-0.3, -0.25) is 19.3 Å². The molecule has 0 radical (unpaired) electrons. The Kier molecular flexibility index (Phi) is 4.84. The molecule has 0 amide bonds. The third-order valence-corrected chi connectivity index (χ3v) is 5.14. The van der Waals surface area contributed by atoms with E-state index < -0.39 is 5.56 Å². The number of nitriles is 1. The van der Waals surface area contributed by atoms with E-state index in [1.165, 1.54) is 15.2 Å². The zero-order valence-electron chi connectivity index (χ0n) is 14.5. The van der Waals surface area contributed by atoms with E-state index in [1.807, 2.05) is 6.07 Å². The van der Waals surface area contributed by atoms with Gasteiger partial charge in [0.1, 0.15) is 17.0 Å². The van der Waals surface area contributed by atoms with Crippen LogP contribution in [0, 0.1) is 21.5 Å². The van der Waals surface area contributed by atoms with E-state index in [-0.39, 0.29) is 27.0 Å². The first kappa shape index (κ1) is 19.2. The number of halogens is 2. The second kappa shape index (κ2) is 7.33. The minimum absolute atomic E-state index is 0.0583. The van der Waals surface area contributed by atoms with Crippen LogP contribution in [0.15, 0.2) is 63.8 Å². The van der Waals surface area contributed by atoms with Crippen molar-refractivity contribution >= 4 is 46.5 Å². The normalized spacial score (nSPS) is 10.8. The molecule has 1 N–H and O–H groups in total. The lowest BCUT2D eigenvalue weighted by Crippen LogP contribution is -2.25. The maximum absolute atomic E-state index is 13.2. The van der Waals surface area contributed by atoms with Crippen molar-refractivity contribution in [1.82, 2.24) is 9.13 Å². The fraction of sp³-hybridized carbons (Fsp3) is 0. The van der Waals surface area contributed by atoms with Gasteiger partial charge in [0, 0.05) is 10.0 Å². The summed E-state index contributed by atoms with van der Waals surface area (Å²) in [5.41, 5.74) is 0.259. The number of hydrogen-bond donors (Lipinski definition) is 1. The van der Waals surface area contributed by atoms with Gasteiger partial charge in [-0.2, -0.15) is 5.26 Å². The summed E-state index contributed by atoms with van der Waals surface area (Å²) >= 11 is 17.6. The summed E-state index contributed by atoms with van der Waals surface area (Å²) in [4.78, 5) is 13.2.